The highest BCUT2D eigenvalue weighted by Gasteiger charge is 2.31. The number of hydrogen-bond donors (Lipinski definition) is 1. The summed E-state index contributed by atoms with van der Waals surface area (Å²) < 4.78 is 12.1. The minimum absolute atomic E-state index is 0.184. The van der Waals surface area contributed by atoms with Crippen molar-refractivity contribution in [2.75, 3.05) is 0 Å². The van der Waals surface area contributed by atoms with Gasteiger partial charge >= 0.3 is 5.97 Å². The number of nitrogens with zero attached hydrogens (tertiary/aromatic N) is 1. The number of thiazole rings is 1. The molecule has 1 unspecified atom stereocenters. The van der Waals surface area contributed by atoms with Crippen LogP contribution in [0.3, 0.4) is 0 Å². The predicted octanol–water partition coefficient (Wildman–Crippen LogP) is 9.21. The molecule has 1 atom stereocenters. The molecule has 5 nitrogen and oxygen atoms in total. The van der Waals surface area contributed by atoms with E-state index in [1.807, 2.05) is 67.6 Å². The molecule has 0 aliphatic heterocycles. The Morgan fingerprint density at radius 3 is 2.36 bits per heavy atom. The molecule has 0 saturated heterocycles. The number of benzene rings is 3. The number of carboxylic acids is 1. The molecule has 3 aromatic carbocycles. The van der Waals surface area contributed by atoms with E-state index in [0.717, 1.165) is 32.3 Å². The fourth-order valence-corrected chi connectivity index (χ4v) is 5.69. The zero-order valence-electron chi connectivity index (χ0n) is 21.7. The van der Waals surface area contributed by atoms with E-state index >= 15 is 0 Å². The summed E-state index contributed by atoms with van der Waals surface area (Å²) in [6, 6.07) is 21.1. The lowest BCUT2D eigenvalue weighted by Gasteiger charge is -2.23. The molecule has 0 fully saturated rings. The number of halogens is 3. The summed E-state index contributed by atoms with van der Waals surface area (Å²) in [5.74, 6) is -0.879. The molecule has 39 heavy (non-hydrogen) atoms. The second-order valence-electron chi connectivity index (χ2n) is 9.57. The normalized spacial score (nSPS) is 12.4. The molecule has 0 aliphatic carbocycles. The smallest absolute Gasteiger partial charge is 0.347 e. The van der Waals surface area contributed by atoms with Gasteiger partial charge in [-0.2, -0.15) is 0 Å². The quantitative estimate of drug-likeness (QED) is 0.185. The Bertz CT molecular complexity index is 1440. The van der Waals surface area contributed by atoms with Crippen LogP contribution in [0.5, 0.6) is 5.75 Å². The number of ether oxygens (including phenoxy) is 2. The molecular weight excluding hydrogens is 577 g/mol. The van der Waals surface area contributed by atoms with Crippen LogP contribution in [0.2, 0.25) is 15.1 Å². The Hall–Kier alpha value is -2.61. The maximum atomic E-state index is 11.5. The third kappa shape index (κ3) is 7.33. The molecule has 0 bridgehead atoms. The molecule has 0 aliphatic rings. The summed E-state index contributed by atoms with van der Waals surface area (Å²) in [4.78, 5) is 17.3. The summed E-state index contributed by atoms with van der Waals surface area (Å²) in [6.07, 6.45) is 0.974. The number of carbonyl (C=O) groups is 1. The average molecular weight is 605 g/mol. The summed E-state index contributed by atoms with van der Waals surface area (Å²) in [7, 11) is 0. The van der Waals surface area contributed by atoms with Gasteiger partial charge in [0.15, 0.2) is 5.60 Å². The molecule has 4 aromatic rings. The van der Waals surface area contributed by atoms with Crippen molar-refractivity contribution in [3.63, 3.8) is 0 Å². The van der Waals surface area contributed by atoms with Crippen molar-refractivity contribution < 1.29 is 19.4 Å². The lowest BCUT2D eigenvalue weighted by atomic mass is 10.0. The van der Waals surface area contributed by atoms with Crippen molar-refractivity contribution in [3.8, 4) is 16.3 Å². The van der Waals surface area contributed by atoms with E-state index in [1.54, 1.807) is 17.4 Å². The van der Waals surface area contributed by atoms with E-state index < -0.39 is 11.6 Å². The fraction of sp³-hybridized carbons (Fsp3) is 0.267. The highest BCUT2D eigenvalue weighted by molar-refractivity contribution is 7.15. The topological polar surface area (TPSA) is 68.7 Å². The highest BCUT2D eigenvalue weighted by atomic mass is 35.5. The van der Waals surface area contributed by atoms with Crippen LogP contribution in [-0.2, 0) is 22.6 Å². The first-order valence-corrected chi connectivity index (χ1v) is 14.3. The zero-order chi connectivity index (χ0) is 28.2. The Balaban J connectivity index is 1.57. The van der Waals surface area contributed by atoms with E-state index in [0.29, 0.717) is 29.5 Å². The number of carboxylic acid groups (broad SMARTS) is 1. The number of aliphatic carboxylic acids is 1. The van der Waals surface area contributed by atoms with Gasteiger partial charge in [0.25, 0.3) is 0 Å². The first-order chi connectivity index (χ1) is 18.5. The largest absolute Gasteiger partial charge is 0.478 e. The van der Waals surface area contributed by atoms with E-state index in [4.69, 9.17) is 49.3 Å². The average Bonchev–Trinajstić information content (AvgIpc) is 3.30. The first kappa shape index (κ1) is 29.4. The van der Waals surface area contributed by atoms with Gasteiger partial charge < -0.3 is 14.6 Å². The van der Waals surface area contributed by atoms with Crippen LogP contribution in [0.15, 0.2) is 66.7 Å². The second kappa shape index (κ2) is 12.7. The summed E-state index contributed by atoms with van der Waals surface area (Å²) in [6.45, 7) is 5.35. The standard InChI is InChI=1S/C30H28Cl3NO4S/c1-18-27(39-28(34-18)21-9-13-22(31)14-10-21)24(37-17-19-7-5-4-6-8-19)16-12-20-11-15-23(26(33)25(20)32)38-30(2,3)29(35)36/h4-11,13-15,24H,12,16-17H2,1-3H3,(H,35,36). The lowest BCUT2D eigenvalue weighted by Crippen LogP contribution is -2.38. The molecule has 9 heteroatoms. The Kier molecular flexibility index (Phi) is 9.57. The second-order valence-corrected chi connectivity index (χ2v) is 11.8. The van der Waals surface area contributed by atoms with Crippen molar-refractivity contribution in [1.82, 2.24) is 4.98 Å². The van der Waals surface area contributed by atoms with Crippen LogP contribution in [-0.4, -0.2) is 21.7 Å². The number of hydrogen-bond acceptors (Lipinski definition) is 5. The minimum Gasteiger partial charge on any atom is -0.478 e. The van der Waals surface area contributed by atoms with Crippen molar-refractivity contribution in [1.29, 1.82) is 0 Å². The Morgan fingerprint density at radius 1 is 1.00 bits per heavy atom. The molecule has 0 saturated carbocycles. The van der Waals surface area contributed by atoms with Gasteiger partial charge in [0.2, 0.25) is 0 Å². The Morgan fingerprint density at radius 2 is 1.69 bits per heavy atom. The van der Waals surface area contributed by atoms with E-state index in [2.05, 4.69) is 0 Å². The van der Waals surface area contributed by atoms with Crippen LogP contribution in [0.25, 0.3) is 10.6 Å². The molecular formula is C30H28Cl3NO4S. The monoisotopic (exact) mass is 603 g/mol. The summed E-state index contributed by atoms with van der Waals surface area (Å²) in [5.41, 5.74) is 2.35. The van der Waals surface area contributed by atoms with Crippen molar-refractivity contribution in [2.24, 2.45) is 0 Å². The van der Waals surface area contributed by atoms with Crippen molar-refractivity contribution >= 4 is 52.1 Å². The maximum Gasteiger partial charge on any atom is 0.347 e. The van der Waals surface area contributed by atoms with Crippen molar-refractivity contribution in [2.45, 2.75) is 51.9 Å². The van der Waals surface area contributed by atoms with Crippen LogP contribution in [0.4, 0.5) is 0 Å². The van der Waals surface area contributed by atoms with Gasteiger partial charge in [-0.3, -0.25) is 0 Å². The van der Waals surface area contributed by atoms with Crippen LogP contribution < -0.4 is 4.74 Å². The van der Waals surface area contributed by atoms with Gasteiger partial charge in [-0.05, 0) is 62.9 Å². The predicted molar refractivity (Wildman–Crippen MR) is 158 cm³/mol. The third-order valence-electron chi connectivity index (χ3n) is 6.19. The molecule has 4 rings (SSSR count). The van der Waals surface area contributed by atoms with Gasteiger partial charge in [-0.25, -0.2) is 9.78 Å². The first-order valence-electron chi connectivity index (χ1n) is 12.3. The number of aryl methyl sites for hydroxylation is 2. The van der Waals surface area contributed by atoms with Crippen LogP contribution >= 0.6 is 46.1 Å². The van der Waals surface area contributed by atoms with Gasteiger partial charge in [0, 0.05) is 10.6 Å². The SMILES string of the molecule is Cc1nc(-c2ccc(Cl)cc2)sc1C(CCc1ccc(OC(C)(C)C(=O)O)c(Cl)c1Cl)OCc1ccccc1. The van der Waals surface area contributed by atoms with Gasteiger partial charge in [-0.15, -0.1) is 11.3 Å². The Labute approximate surface area is 247 Å². The third-order valence-corrected chi connectivity index (χ3v) is 8.65. The fourth-order valence-electron chi connectivity index (χ4n) is 3.93. The molecule has 0 spiro atoms. The number of rotatable bonds is 11. The van der Waals surface area contributed by atoms with E-state index in [9.17, 15) is 9.90 Å². The molecule has 0 amide bonds. The molecule has 1 heterocycles. The molecule has 204 valence electrons. The van der Waals surface area contributed by atoms with E-state index in [-0.39, 0.29) is 16.9 Å². The summed E-state index contributed by atoms with van der Waals surface area (Å²) in [5, 5.41) is 11.5. The van der Waals surface area contributed by atoms with Crippen LogP contribution in [0.1, 0.15) is 48.1 Å². The minimum atomic E-state index is -1.45. The lowest BCUT2D eigenvalue weighted by molar-refractivity contribution is -0.152. The highest BCUT2D eigenvalue weighted by Crippen LogP contribution is 2.40. The maximum absolute atomic E-state index is 11.5. The molecule has 1 aromatic heterocycles. The summed E-state index contributed by atoms with van der Waals surface area (Å²) >= 11 is 20.8. The van der Waals surface area contributed by atoms with Crippen LogP contribution in [0, 0.1) is 6.92 Å². The van der Waals surface area contributed by atoms with Gasteiger partial charge in [-0.1, -0.05) is 83.3 Å². The molecule has 1 N–H and O–H groups in total. The van der Waals surface area contributed by atoms with Gasteiger partial charge in [0.05, 0.1) is 28.3 Å². The van der Waals surface area contributed by atoms with E-state index in [1.165, 1.54) is 13.8 Å². The van der Waals surface area contributed by atoms with Gasteiger partial charge in [0.1, 0.15) is 15.8 Å². The number of aromatic nitrogens is 1. The zero-order valence-corrected chi connectivity index (χ0v) is 24.8. The molecule has 0 radical (unpaired) electrons. The van der Waals surface area contributed by atoms with Crippen molar-refractivity contribution in [3.05, 3.63) is 103 Å².